The summed E-state index contributed by atoms with van der Waals surface area (Å²) in [5.41, 5.74) is 1.23. The van der Waals surface area contributed by atoms with Gasteiger partial charge in [-0.05, 0) is 38.0 Å². The molecular weight excluding hydrogens is 416 g/mol. The number of rotatable bonds is 7. The van der Waals surface area contributed by atoms with Gasteiger partial charge in [0.1, 0.15) is 5.92 Å². The molecule has 1 fully saturated rings. The van der Waals surface area contributed by atoms with Gasteiger partial charge in [0.15, 0.2) is 11.5 Å². The molecule has 148 valence electrons. The zero-order valence-corrected chi connectivity index (χ0v) is 17.5. The average molecular weight is 441 g/mol. The highest BCUT2D eigenvalue weighted by molar-refractivity contribution is 9.10. The normalized spacial score (nSPS) is 20.6. The fourth-order valence-electron chi connectivity index (χ4n) is 3.02. The van der Waals surface area contributed by atoms with E-state index in [0.29, 0.717) is 40.3 Å². The van der Waals surface area contributed by atoms with E-state index in [2.05, 4.69) is 26.6 Å². The van der Waals surface area contributed by atoms with Crippen LogP contribution in [0.4, 0.5) is 4.79 Å². The molecule has 27 heavy (non-hydrogen) atoms. The largest absolute Gasteiger partial charge is 0.493 e. The Morgan fingerprint density at radius 1 is 1.22 bits per heavy atom. The van der Waals surface area contributed by atoms with Crippen LogP contribution in [0.15, 0.2) is 28.4 Å². The number of carbonyl (C=O) groups excluding carboxylic acids is 2. The molecule has 0 aromatic heterocycles. The van der Waals surface area contributed by atoms with Crippen molar-refractivity contribution >= 4 is 27.9 Å². The molecule has 2 atom stereocenters. The molecule has 7 nitrogen and oxygen atoms in total. The highest BCUT2D eigenvalue weighted by Crippen LogP contribution is 2.41. The van der Waals surface area contributed by atoms with E-state index in [9.17, 15) is 9.59 Å². The molecule has 0 bridgehead atoms. The topological polar surface area (TPSA) is 85.9 Å². The third kappa shape index (κ3) is 4.74. The highest BCUT2D eigenvalue weighted by atomic mass is 79.9. The summed E-state index contributed by atoms with van der Waals surface area (Å²) in [5, 5.41) is 5.56. The van der Waals surface area contributed by atoms with Gasteiger partial charge >= 0.3 is 12.0 Å². The van der Waals surface area contributed by atoms with Crippen LogP contribution >= 0.6 is 15.9 Å². The zero-order chi connectivity index (χ0) is 20.0. The molecule has 1 aliphatic rings. The molecule has 2 rings (SSSR count). The van der Waals surface area contributed by atoms with Crippen LogP contribution in [0.5, 0.6) is 11.5 Å². The fourth-order valence-corrected chi connectivity index (χ4v) is 3.59. The number of hydrogen-bond donors (Lipinski definition) is 2. The Morgan fingerprint density at radius 2 is 1.96 bits per heavy atom. The summed E-state index contributed by atoms with van der Waals surface area (Å²) < 4.78 is 17.0. The second-order valence-corrected chi connectivity index (χ2v) is 6.69. The first-order chi connectivity index (χ1) is 13.0. The van der Waals surface area contributed by atoms with Crippen molar-refractivity contribution in [3.63, 3.8) is 0 Å². The van der Waals surface area contributed by atoms with Crippen LogP contribution in [0.25, 0.3) is 0 Å². The molecule has 1 aromatic rings. The molecule has 2 amide bonds. The molecule has 0 saturated carbocycles. The first-order valence-electron chi connectivity index (χ1n) is 8.91. The van der Waals surface area contributed by atoms with Gasteiger partial charge in [-0.15, -0.1) is 0 Å². The van der Waals surface area contributed by atoms with Crippen LogP contribution in [-0.2, 0) is 9.53 Å². The van der Waals surface area contributed by atoms with Crippen molar-refractivity contribution in [1.82, 2.24) is 10.6 Å². The number of allylic oxidation sites excluding steroid dienone is 1. The van der Waals surface area contributed by atoms with Crippen molar-refractivity contribution in [2.75, 3.05) is 20.3 Å². The number of benzene rings is 1. The van der Waals surface area contributed by atoms with Gasteiger partial charge in [-0.1, -0.05) is 28.9 Å². The van der Waals surface area contributed by atoms with Crippen molar-refractivity contribution in [1.29, 1.82) is 0 Å². The maximum atomic E-state index is 12.7. The number of amides is 2. The van der Waals surface area contributed by atoms with E-state index in [1.54, 1.807) is 26.2 Å². The average Bonchev–Trinajstić information content (AvgIpc) is 2.62. The van der Waals surface area contributed by atoms with E-state index in [1.165, 1.54) is 0 Å². The Balaban J connectivity index is 2.55. The Kier molecular flexibility index (Phi) is 7.53. The first-order valence-corrected chi connectivity index (χ1v) is 9.70. The molecule has 0 radical (unpaired) electrons. The number of methoxy groups -OCH3 is 1. The quantitative estimate of drug-likeness (QED) is 0.631. The van der Waals surface area contributed by atoms with Crippen LogP contribution in [0, 0.1) is 5.92 Å². The van der Waals surface area contributed by atoms with E-state index in [0.717, 1.165) is 0 Å². The lowest BCUT2D eigenvalue weighted by Gasteiger charge is -2.34. The number of halogens is 1. The van der Waals surface area contributed by atoms with E-state index < -0.39 is 17.9 Å². The number of ether oxygens (including phenoxy) is 3. The summed E-state index contributed by atoms with van der Waals surface area (Å²) in [7, 11) is 1.54. The SMILES string of the molecule is CC/C=C1/NC(=O)N[C@H](c2cc(OC)c(OCC)cc2Br)[C@H]1C(=O)OCC. The number of hydrogen-bond acceptors (Lipinski definition) is 5. The molecule has 0 aliphatic carbocycles. The number of esters is 1. The van der Waals surface area contributed by atoms with Crippen LogP contribution in [0.3, 0.4) is 0 Å². The van der Waals surface area contributed by atoms with Crippen molar-refractivity contribution in [2.45, 2.75) is 33.2 Å². The van der Waals surface area contributed by atoms with Crippen LogP contribution in [-0.4, -0.2) is 32.3 Å². The van der Waals surface area contributed by atoms with Gasteiger partial charge in [-0.3, -0.25) is 4.79 Å². The molecule has 0 spiro atoms. The smallest absolute Gasteiger partial charge is 0.319 e. The minimum absolute atomic E-state index is 0.253. The lowest BCUT2D eigenvalue weighted by atomic mass is 9.88. The van der Waals surface area contributed by atoms with Gasteiger partial charge in [-0.2, -0.15) is 0 Å². The molecule has 0 unspecified atom stereocenters. The lowest BCUT2D eigenvalue weighted by molar-refractivity contribution is -0.147. The summed E-state index contributed by atoms with van der Waals surface area (Å²) >= 11 is 3.53. The molecule has 8 heteroatoms. The zero-order valence-electron chi connectivity index (χ0n) is 15.9. The predicted molar refractivity (Wildman–Crippen MR) is 105 cm³/mol. The minimum Gasteiger partial charge on any atom is -0.493 e. The molecule has 1 aliphatic heterocycles. The van der Waals surface area contributed by atoms with Crippen molar-refractivity contribution in [2.24, 2.45) is 5.92 Å². The van der Waals surface area contributed by atoms with E-state index >= 15 is 0 Å². The van der Waals surface area contributed by atoms with Crippen molar-refractivity contribution < 1.29 is 23.8 Å². The molecular formula is C19H25BrN2O5. The summed E-state index contributed by atoms with van der Waals surface area (Å²) in [4.78, 5) is 24.9. The summed E-state index contributed by atoms with van der Waals surface area (Å²) in [6.07, 6.45) is 2.50. The third-order valence-corrected chi connectivity index (χ3v) is 4.78. The Morgan fingerprint density at radius 3 is 2.56 bits per heavy atom. The summed E-state index contributed by atoms with van der Waals surface area (Å²) in [6, 6.07) is 2.55. The van der Waals surface area contributed by atoms with E-state index in [4.69, 9.17) is 14.2 Å². The molecule has 1 aromatic carbocycles. The maximum absolute atomic E-state index is 12.7. The van der Waals surface area contributed by atoms with Crippen LogP contribution < -0.4 is 20.1 Å². The van der Waals surface area contributed by atoms with Gasteiger partial charge in [0.25, 0.3) is 0 Å². The van der Waals surface area contributed by atoms with Crippen LogP contribution in [0.1, 0.15) is 38.8 Å². The van der Waals surface area contributed by atoms with Gasteiger partial charge < -0.3 is 24.8 Å². The fraction of sp³-hybridized carbons (Fsp3) is 0.474. The van der Waals surface area contributed by atoms with Gasteiger partial charge in [-0.25, -0.2) is 4.79 Å². The Bertz CT molecular complexity index is 735. The second-order valence-electron chi connectivity index (χ2n) is 5.83. The van der Waals surface area contributed by atoms with Crippen molar-refractivity contribution in [3.8, 4) is 11.5 Å². The predicted octanol–water partition coefficient (Wildman–Crippen LogP) is 3.68. The maximum Gasteiger partial charge on any atom is 0.319 e. The molecule has 1 heterocycles. The summed E-state index contributed by atoms with van der Waals surface area (Å²) in [5.74, 6) is -0.00430. The van der Waals surface area contributed by atoms with Gasteiger partial charge in [0, 0.05) is 10.2 Å². The van der Waals surface area contributed by atoms with Crippen LogP contribution in [0.2, 0.25) is 0 Å². The van der Waals surface area contributed by atoms with E-state index in [-0.39, 0.29) is 12.6 Å². The monoisotopic (exact) mass is 440 g/mol. The van der Waals surface area contributed by atoms with E-state index in [1.807, 2.05) is 19.9 Å². The Hall–Kier alpha value is -2.22. The highest BCUT2D eigenvalue weighted by Gasteiger charge is 2.40. The molecule has 1 saturated heterocycles. The standard InChI is InChI=1S/C19H25BrN2O5/c1-5-8-13-16(18(23)27-7-3)17(22-19(24)21-13)11-9-14(25-4)15(26-6-2)10-12(11)20/h8-10,16-17H,5-7H2,1-4H3,(H2,21,22,24)/b13-8+/t16-,17+/m0/s1. The van der Waals surface area contributed by atoms with Crippen molar-refractivity contribution in [3.05, 3.63) is 33.9 Å². The first kappa shape index (κ1) is 21.1. The number of urea groups is 1. The third-order valence-electron chi connectivity index (χ3n) is 4.10. The second kappa shape index (κ2) is 9.64. The lowest BCUT2D eigenvalue weighted by Crippen LogP contribution is -2.51. The van der Waals surface area contributed by atoms with Gasteiger partial charge in [0.05, 0.1) is 26.4 Å². The minimum atomic E-state index is -0.693. The van der Waals surface area contributed by atoms with Gasteiger partial charge in [0.2, 0.25) is 0 Å². The summed E-state index contributed by atoms with van der Waals surface area (Å²) in [6.45, 7) is 6.31. The molecule has 2 N–H and O–H groups in total. The Labute approximate surface area is 167 Å². The number of carbonyl (C=O) groups is 2. The number of nitrogens with one attached hydrogen (secondary N) is 2.